The van der Waals surface area contributed by atoms with Crippen LogP contribution in [0, 0.1) is 24.6 Å². The van der Waals surface area contributed by atoms with Crippen LogP contribution in [0.1, 0.15) is 16.1 Å². The molecule has 0 bridgehead atoms. The Hall–Kier alpha value is -3.10. The maximum absolute atomic E-state index is 13.4. The van der Waals surface area contributed by atoms with Crippen LogP contribution < -0.4 is 4.90 Å². The van der Waals surface area contributed by atoms with Gasteiger partial charge >= 0.3 is 0 Å². The number of hydrogen-bond acceptors (Lipinski definition) is 6. The number of carbonyl (C=O) groups is 1. The average Bonchev–Trinajstić information content (AvgIpc) is 3.36. The Morgan fingerprint density at radius 2 is 1.86 bits per heavy atom. The van der Waals surface area contributed by atoms with Gasteiger partial charge in [0.05, 0.1) is 12.5 Å². The molecule has 2 fully saturated rings. The number of carbonyl (C=O) groups excluding carboxylic acids is 1. The zero-order valence-electron chi connectivity index (χ0n) is 15.7. The second-order valence-corrected chi connectivity index (χ2v) is 7.68. The molecule has 3 aromatic heterocycles. The van der Waals surface area contributed by atoms with E-state index < -0.39 is 5.82 Å². The van der Waals surface area contributed by atoms with E-state index in [9.17, 15) is 9.18 Å². The first-order valence-corrected chi connectivity index (χ1v) is 9.29. The van der Waals surface area contributed by atoms with Crippen molar-refractivity contribution >= 4 is 22.9 Å². The minimum atomic E-state index is -0.392. The lowest BCUT2D eigenvalue weighted by molar-refractivity contribution is 0.0776. The molecule has 28 heavy (non-hydrogen) atoms. The van der Waals surface area contributed by atoms with E-state index in [-0.39, 0.29) is 5.91 Å². The highest BCUT2D eigenvalue weighted by atomic mass is 19.1. The molecule has 0 aromatic carbocycles. The zero-order chi connectivity index (χ0) is 19.4. The minimum absolute atomic E-state index is 0.127. The van der Waals surface area contributed by atoms with E-state index >= 15 is 0 Å². The topological polar surface area (TPSA) is 80.0 Å². The summed E-state index contributed by atoms with van der Waals surface area (Å²) in [5.41, 5.74) is 2.37. The normalized spacial score (nSPS) is 21.5. The second-order valence-electron chi connectivity index (χ2n) is 7.68. The Labute approximate surface area is 161 Å². The number of fused-ring (bicyclic) bond motifs is 2. The van der Waals surface area contributed by atoms with Crippen LogP contribution in [0.4, 0.5) is 10.2 Å². The van der Waals surface area contributed by atoms with Gasteiger partial charge < -0.3 is 14.4 Å². The van der Waals surface area contributed by atoms with Crippen molar-refractivity contribution in [3.8, 4) is 0 Å². The lowest BCUT2D eigenvalue weighted by atomic mass is 10.0. The number of pyridine rings is 1. The standard InChI is InChI=1S/C19H20FN7O/c1-11-3-15(21-4-14(11)20)19(28)27-7-12-5-26(6-13(12)8-27)18-16-17(22-9-23-18)25(2)10-24-16/h3-4,9-10,12-13H,5-8H2,1-2H3. The quantitative estimate of drug-likeness (QED) is 0.668. The van der Waals surface area contributed by atoms with Crippen LogP contribution in [0.25, 0.3) is 11.2 Å². The summed E-state index contributed by atoms with van der Waals surface area (Å²) in [7, 11) is 1.92. The summed E-state index contributed by atoms with van der Waals surface area (Å²) in [5, 5.41) is 0. The largest absolute Gasteiger partial charge is 0.354 e. The van der Waals surface area contributed by atoms with Gasteiger partial charge in [0.25, 0.3) is 5.91 Å². The molecule has 0 spiro atoms. The van der Waals surface area contributed by atoms with Crippen LogP contribution in [0.5, 0.6) is 0 Å². The van der Waals surface area contributed by atoms with Gasteiger partial charge in [0.2, 0.25) is 0 Å². The van der Waals surface area contributed by atoms with Gasteiger partial charge in [-0.1, -0.05) is 0 Å². The monoisotopic (exact) mass is 381 g/mol. The minimum Gasteiger partial charge on any atom is -0.354 e. The lowest BCUT2D eigenvalue weighted by Gasteiger charge is -2.22. The Balaban J connectivity index is 1.32. The van der Waals surface area contributed by atoms with Gasteiger partial charge in [-0.05, 0) is 18.6 Å². The Bertz CT molecular complexity index is 1070. The van der Waals surface area contributed by atoms with E-state index in [0.717, 1.165) is 36.3 Å². The summed E-state index contributed by atoms with van der Waals surface area (Å²) >= 11 is 0. The van der Waals surface area contributed by atoms with Crippen LogP contribution in [-0.2, 0) is 7.05 Å². The predicted octanol–water partition coefficient (Wildman–Crippen LogP) is 1.41. The molecule has 0 aliphatic carbocycles. The number of likely N-dealkylation sites (tertiary alicyclic amines) is 1. The molecule has 1 amide bonds. The van der Waals surface area contributed by atoms with Crippen LogP contribution in [-0.4, -0.2) is 61.5 Å². The third-order valence-electron chi connectivity index (χ3n) is 5.82. The highest BCUT2D eigenvalue weighted by Crippen LogP contribution is 2.35. The van der Waals surface area contributed by atoms with Crippen molar-refractivity contribution in [1.29, 1.82) is 0 Å². The SMILES string of the molecule is Cc1cc(C(=O)N2CC3CN(c4ncnc5c4ncn5C)CC3C2)ncc1F. The van der Waals surface area contributed by atoms with Crippen molar-refractivity contribution in [3.63, 3.8) is 0 Å². The molecule has 144 valence electrons. The number of nitrogens with zero attached hydrogens (tertiary/aromatic N) is 7. The number of rotatable bonds is 2. The van der Waals surface area contributed by atoms with Crippen molar-refractivity contribution in [2.45, 2.75) is 6.92 Å². The lowest BCUT2D eigenvalue weighted by Crippen LogP contribution is -2.34. The van der Waals surface area contributed by atoms with Crippen LogP contribution in [0.3, 0.4) is 0 Å². The molecule has 2 atom stereocenters. The fourth-order valence-electron chi connectivity index (χ4n) is 4.31. The van der Waals surface area contributed by atoms with Gasteiger partial charge in [0.15, 0.2) is 17.0 Å². The maximum Gasteiger partial charge on any atom is 0.272 e. The Morgan fingerprint density at radius 3 is 2.57 bits per heavy atom. The van der Waals surface area contributed by atoms with E-state index in [2.05, 4.69) is 24.8 Å². The molecule has 0 saturated carbocycles. The molecule has 0 radical (unpaired) electrons. The Kier molecular flexibility index (Phi) is 3.78. The number of imidazole rings is 1. The molecule has 2 unspecified atom stereocenters. The van der Waals surface area contributed by atoms with Crippen LogP contribution in [0.15, 0.2) is 24.9 Å². The second kappa shape index (κ2) is 6.22. The maximum atomic E-state index is 13.4. The summed E-state index contributed by atoms with van der Waals surface area (Å²) in [4.78, 5) is 34.0. The van der Waals surface area contributed by atoms with Gasteiger partial charge in [-0.3, -0.25) is 4.79 Å². The first kappa shape index (κ1) is 17.0. The van der Waals surface area contributed by atoms with E-state index in [1.54, 1.807) is 19.6 Å². The third-order valence-corrected chi connectivity index (χ3v) is 5.82. The Morgan fingerprint density at radius 1 is 1.11 bits per heavy atom. The summed E-state index contributed by atoms with van der Waals surface area (Å²) in [6, 6.07) is 1.52. The van der Waals surface area contributed by atoms with Crippen molar-refractivity contribution in [2.24, 2.45) is 18.9 Å². The molecule has 8 nitrogen and oxygen atoms in total. The summed E-state index contributed by atoms with van der Waals surface area (Å²) in [5.74, 6) is 1.08. The third kappa shape index (κ3) is 2.61. The van der Waals surface area contributed by atoms with Crippen molar-refractivity contribution in [1.82, 2.24) is 29.4 Å². The molecule has 5 heterocycles. The fraction of sp³-hybridized carbons (Fsp3) is 0.421. The molecule has 2 aliphatic rings. The molecule has 9 heteroatoms. The number of hydrogen-bond donors (Lipinski definition) is 0. The van der Waals surface area contributed by atoms with E-state index in [0.29, 0.717) is 36.2 Å². The summed E-state index contributed by atoms with van der Waals surface area (Å²) in [6.45, 7) is 4.65. The van der Waals surface area contributed by atoms with Crippen molar-refractivity contribution in [3.05, 3.63) is 42.0 Å². The number of aromatic nitrogens is 5. The van der Waals surface area contributed by atoms with Gasteiger partial charge in [-0.2, -0.15) is 0 Å². The fourth-order valence-corrected chi connectivity index (χ4v) is 4.31. The van der Waals surface area contributed by atoms with Crippen LogP contribution in [0.2, 0.25) is 0 Å². The first-order chi connectivity index (χ1) is 13.5. The first-order valence-electron chi connectivity index (χ1n) is 9.29. The molecule has 3 aromatic rings. The molecule has 2 aliphatic heterocycles. The number of amides is 1. The molecular weight excluding hydrogens is 361 g/mol. The van der Waals surface area contributed by atoms with E-state index in [1.807, 2.05) is 16.5 Å². The highest BCUT2D eigenvalue weighted by Gasteiger charge is 2.43. The van der Waals surface area contributed by atoms with E-state index in [1.165, 1.54) is 6.07 Å². The summed E-state index contributed by atoms with van der Waals surface area (Å²) < 4.78 is 15.3. The number of halogens is 1. The highest BCUT2D eigenvalue weighted by molar-refractivity contribution is 5.92. The predicted molar refractivity (Wildman–Crippen MR) is 100 cm³/mol. The van der Waals surface area contributed by atoms with Gasteiger partial charge in [0, 0.05) is 45.1 Å². The summed E-state index contributed by atoms with van der Waals surface area (Å²) in [6.07, 6.45) is 4.44. The number of anilines is 1. The smallest absolute Gasteiger partial charge is 0.272 e. The molecular formula is C19H20FN7O. The van der Waals surface area contributed by atoms with Crippen molar-refractivity contribution in [2.75, 3.05) is 31.1 Å². The number of aryl methyl sites for hydroxylation is 2. The van der Waals surface area contributed by atoms with Crippen molar-refractivity contribution < 1.29 is 9.18 Å². The van der Waals surface area contributed by atoms with Gasteiger partial charge in [-0.15, -0.1) is 0 Å². The van der Waals surface area contributed by atoms with Crippen LogP contribution >= 0.6 is 0 Å². The molecule has 2 saturated heterocycles. The van der Waals surface area contributed by atoms with Gasteiger partial charge in [-0.25, -0.2) is 24.3 Å². The van der Waals surface area contributed by atoms with E-state index in [4.69, 9.17) is 0 Å². The molecule has 0 N–H and O–H groups in total. The average molecular weight is 381 g/mol. The van der Waals surface area contributed by atoms with Gasteiger partial charge in [0.1, 0.15) is 17.8 Å². The zero-order valence-corrected chi connectivity index (χ0v) is 15.7. The molecule has 5 rings (SSSR count).